The Morgan fingerprint density at radius 3 is 2.60 bits per heavy atom. The second-order valence-electron chi connectivity index (χ2n) is 6.96. The smallest absolute Gasteiger partial charge is 0.358 e. The molecule has 1 aliphatic rings. The van der Waals surface area contributed by atoms with E-state index in [4.69, 9.17) is 5.11 Å². The maximum Gasteiger partial charge on any atom is 0.358 e. The number of rotatable bonds is 5. The third-order valence-electron chi connectivity index (χ3n) is 4.83. The van der Waals surface area contributed by atoms with Crippen molar-refractivity contribution in [2.45, 2.75) is 18.4 Å². The number of carboxylic acid groups (broad SMARTS) is 1. The van der Waals surface area contributed by atoms with Crippen molar-refractivity contribution in [3.63, 3.8) is 0 Å². The lowest BCUT2D eigenvalue weighted by Gasteiger charge is -2.09. The highest BCUT2D eigenvalue weighted by Crippen LogP contribution is 2.40. The quantitative estimate of drug-likeness (QED) is 0.440. The fourth-order valence-corrected chi connectivity index (χ4v) is 3.26. The van der Waals surface area contributed by atoms with Crippen molar-refractivity contribution in [3.8, 4) is 17.1 Å². The molecule has 5 N–H and O–H groups in total. The van der Waals surface area contributed by atoms with E-state index in [0.717, 1.165) is 6.42 Å². The Morgan fingerprint density at radius 1 is 1.10 bits per heavy atom. The monoisotopic (exact) mass is 406 g/mol. The van der Waals surface area contributed by atoms with Gasteiger partial charge in [-0.3, -0.25) is 4.79 Å². The van der Waals surface area contributed by atoms with Gasteiger partial charge >= 0.3 is 12.0 Å². The number of carbonyl (C=O) groups excluding carboxylic acids is 1. The first-order valence-electron chi connectivity index (χ1n) is 9.22. The number of hydrogen-bond acceptors (Lipinski definition) is 5. The minimum Gasteiger partial charge on any atom is -0.501 e. The molecule has 1 aromatic heterocycles. The lowest BCUT2D eigenvalue weighted by molar-refractivity contribution is 0.0686. The van der Waals surface area contributed by atoms with Crippen LogP contribution in [-0.2, 0) is 0 Å². The zero-order valence-corrected chi connectivity index (χ0v) is 15.6. The van der Waals surface area contributed by atoms with Crippen LogP contribution in [0.1, 0.15) is 28.4 Å². The molecule has 0 aliphatic heterocycles. The summed E-state index contributed by atoms with van der Waals surface area (Å²) in [5, 5.41) is 24.3. The predicted octanol–water partition coefficient (Wildman–Crippen LogP) is 2.52. The largest absolute Gasteiger partial charge is 0.501 e. The molecule has 2 atom stereocenters. The first-order valence-corrected chi connectivity index (χ1v) is 9.22. The van der Waals surface area contributed by atoms with Crippen molar-refractivity contribution in [1.82, 2.24) is 15.3 Å². The van der Waals surface area contributed by atoms with Crippen LogP contribution in [0.5, 0.6) is 5.75 Å². The van der Waals surface area contributed by atoms with Gasteiger partial charge < -0.3 is 25.8 Å². The van der Waals surface area contributed by atoms with Crippen LogP contribution >= 0.6 is 0 Å². The zero-order valence-electron chi connectivity index (χ0n) is 15.6. The average Bonchev–Trinajstić information content (AvgIpc) is 3.49. The first kappa shape index (κ1) is 19.2. The van der Waals surface area contributed by atoms with E-state index in [0.29, 0.717) is 17.2 Å². The van der Waals surface area contributed by atoms with Gasteiger partial charge in [-0.1, -0.05) is 42.5 Å². The van der Waals surface area contributed by atoms with Crippen molar-refractivity contribution in [3.05, 3.63) is 76.2 Å². The van der Waals surface area contributed by atoms with Gasteiger partial charge in [-0.15, -0.1) is 0 Å². The SMILES string of the molecule is O=C(Nc1cccc(-c2nc(C(=O)O)c(O)c(=O)[nH]2)c1)NC1CC1c1ccccc1. The summed E-state index contributed by atoms with van der Waals surface area (Å²) < 4.78 is 0. The summed E-state index contributed by atoms with van der Waals surface area (Å²) in [5.41, 5.74) is 0.289. The lowest BCUT2D eigenvalue weighted by atomic mass is 10.1. The van der Waals surface area contributed by atoms with E-state index in [9.17, 15) is 19.5 Å². The second-order valence-corrected chi connectivity index (χ2v) is 6.96. The third-order valence-corrected chi connectivity index (χ3v) is 4.83. The number of benzene rings is 2. The van der Waals surface area contributed by atoms with Gasteiger partial charge in [-0.05, 0) is 24.1 Å². The van der Waals surface area contributed by atoms with Crippen molar-refractivity contribution in [2.75, 3.05) is 5.32 Å². The number of aromatic nitrogens is 2. The number of nitrogens with zero attached hydrogens (tertiary/aromatic N) is 1. The average molecular weight is 406 g/mol. The molecule has 4 rings (SSSR count). The van der Waals surface area contributed by atoms with Crippen molar-refractivity contribution in [2.24, 2.45) is 0 Å². The number of aromatic amines is 1. The molecule has 3 aromatic rings. The van der Waals surface area contributed by atoms with Crippen molar-refractivity contribution < 1.29 is 19.8 Å². The molecule has 9 heteroatoms. The summed E-state index contributed by atoms with van der Waals surface area (Å²) >= 11 is 0. The van der Waals surface area contributed by atoms with E-state index in [1.165, 1.54) is 5.56 Å². The van der Waals surface area contributed by atoms with Crippen LogP contribution in [0.15, 0.2) is 59.4 Å². The molecule has 0 bridgehead atoms. The lowest BCUT2D eigenvalue weighted by Crippen LogP contribution is -2.31. The molecule has 9 nitrogen and oxygen atoms in total. The first-order chi connectivity index (χ1) is 14.4. The Kier molecular flexibility index (Phi) is 4.93. The van der Waals surface area contributed by atoms with Crippen molar-refractivity contribution in [1.29, 1.82) is 0 Å². The normalized spacial score (nSPS) is 17.2. The predicted molar refractivity (Wildman–Crippen MR) is 109 cm³/mol. The molecule has 2 unspecified atom stereocenters. The Morgan fingerprint density at radius 2 is 1.87 bits per heavy atom. The fraction of sp³-hybridized carbons (Fsp3) is 0.143. The molecule has 2 aromatic carbocycles. The van der Waals surface area contributed by atoms with E-state index in [1.807, 2.05) is 30.3 Å². The molecule has 1 aliphatic carbocycles. The Hall–Kier alpha value is -4.14. The van der Waals surface area contributed by atoms with Gasteiger partial charge in [-0.2, -0.15) is 0 Å². The third kappa shape index (κ3) is 4.00. The maximum absolute atomic E-state index is 12.3. The Balaban J connectivity index is 1.46. The van der Waals surface area contributed by atoms with Gasteiger partial charge in [0.25, 0.3) is 5.56 Å². The van der Waals surface area contributed by atoms with Crippen LogP contribution in [0, 0.1) is 0 Å². The number of nitrogens with one attached hydrogen (secondary N) is 3. The summed E-state index contributed by atoms with van der Waals surface area (Å²) in [5.74, 6) is -2.22. The van der Waals surface area contributed by atoms with Gasteiger partial charge in [0, 0.05) is 23.2 Å². The number of carboxylic acids is 1. The molecule has 0 spiro atoms. The molecular formula is C21H18N4O5. The highest BCUT2D eigenvalue weighted by Gasteiger charge is 2.39. The van der Waals surface area contributed by atoms with Crippen LogP contribution in [0.2, 0.25) is 0 Å². The summed E-state index contributed by atoms with van der Waals surface area (Å²) in [6.45, 7) is 0. The maximum atomic E-state index is 12.3. The van der Waals surface area contributed by atoms with Gasteiger partial charge in [0.05, 0.1) is 0 Å². The summed E-state index contributed by atoms with van der Waals surface area (Å²) in [6, 6.07) is 16.1. The van der Waals surface area contributed by atoms with Crippen LogP contribution in [0.25, 0.3) is 11.4 Å². The minimum absolute atomic E-state index is 0.0365. The molecule has 1 fully saturated rings. The molecule has 30 heavy (non-hydrogen) atoms. The van der Waals surface area contributed by atoms with Crippen LogP contribution < -0.4 is 16.2 Å². The Bertz CT molecular complexity index is 1180. The summed E-state index contributed by atoms with van der Waals surface area (Å²) in [7, 11) is 0. The number of hydrogen-bond donors (Lipinski definition) is 5. The van der Waals surface area contributed by atoms with Crippen molar-refractivity contribution >= 4 is 17.7 Å². The zero-order chi connectivity index (χ0) is 21.3. The van der Waals surface area contributed by atoms with Gasteiger partial charge in [-0.25, -0.2) is 14.6 Å². The molecule has 152 valence electrons. The van der Waals surface area contributed by atoms with Crippen LogP contribution in [-0.4, -0.2) is 38.2 Å². The van der Waals surface area contributed by atoms with E-state index < -0.39 is 23.0 Å². The fourth-order valence-electron chi connectivity index (χ4n) is 3.26. The number of urea groups is 1. The minimum atomic E-state index is -1.52. The molecular weight excluding hydrogens is 388 g/mol. The number of amides is 2. The topological polar surface area (TPSA) is 144 Å². The molecule has 0 saturated heterocycles. The standard InChI is InChI=1S/C21H18N4O5/c26-17-16(20(28)29)24-18(25-19(17)27)12-7-4-8-13(9-12)22-21(30)23-15-10-14(15)11-5-2-1-3-6-11/h1-9,14-15,26H,10H2,(H,28,29)(H2,22,23,30)(H,24,25,27). The van der Waals surface area contributed by atoms with E-state index >= 15 is 0 Å². The second kappa shape index (κ2) is 7.70. The number of anilines is 1. The number of aromatic carboxylic acids is 1. The number of aromatic hydroxyl groups is 1. The molecule has 0 radical (unpaired) electrons. The van der Waals surface area contributed by atoms with E-state index in [1.54, 1.807) is 24.3 Å². The highest BCUT2D eigenvalue weighted by atomic mass is 16.4. The van der Waals surface area contributed by atoms with Crippen LogP contribution in [0.4, 0.5) is 10.5 Å². The van der Waals surface area contributed by atoms with E-state index in [2.05, 4.69) is 20.6 Å². The highest BCUT2D eigenvalue weighted by molar-refractivity contribution is 5.91. The molecule has 1 saturated carbocycles. The number of H-pyrrole nitrogens is 1. The summed E-state index contributed by atoms with van der Waals surface area (Å²) in [4.78, 5) is 41.4. The number of carbonyl (C=O) groups is 2. The van der Waals surface area contributed by atoms with Gasteiger partial charge in [0.15, 0.2) is 5.69 Å². The van der Waals surface area contributed by atoms with E-state index in [-0.39, 0.29) is 17.9 Å². The van der Waals surface area contributed by atoms with Crippen LogP contribution in [0.3, 0.4) is 0 Å². The Labute approximate surface area is 170 Å². The van der Waals surface area contributed by atoms with Gasteiger partial charge in [0.2, 0.25) is 5.75 Å². The van der Waals surface area contributed by atoms with Gasteiger partial charge in [0.1, 0.15) is 5.82 Å². The molecule has 1 heterocycles. The summed E-state index contributed by atoms with van der Waals surface area (Å²) in [6.07, 6.45) is 0.869. The molecule has 2 amide bonds.